The van der Waals surface area contributed by atoms with Gasteiger partial charge in [0.25, 0.3) is 0 Å². The van der Waals surface area contributed by atoms with Crippen LogP contribution in [0.2, 0.25) is 0 Å². The van der Waals surface area contributed by atoms with Gasteiger partial charge in [-0.05, 0) is 63.0 Å². The van der Waals surface area contributed by atoms with Gasteiger partial charge >= 0.3 is 0 Å². The number of nitrogens with zero attached hydrogens (tertiary/aromatic N) is 2. The Morgan fingerprint density at radius 3 is 2.64 bits per heavy atom. The van der Waals surface area contributed by atoms with E-state index in [0.717, 1.165) is 34.6 Å². The summed E-state index contributed by atoms with van der Waals surface area (Å²) in [5.41, 5.74) is 2.19. The number of fused-ring (bicyclic) bond motifs is 1. The van der Waals surface area contributed by atoms with Crippen LogP contribution in [0.3, 0.4) is 0 Å². The van der Waals surface area contributed by atoms with Crippen molar-refractivity contribution in [3.63, 3.8) is 0 Å². The van der Waals surface area contributed by atoms with E-state index in [1.165, 1.54) is 37.7 Å². The third-order valence-electron chi connectivity index (χ3n) is 7.61. The van der Waals surface area contributed by atoms with E-state index in [1.54, 1.807) is 24.5 Å². The van der Waals surface area contributed by atoms with Crippen molar-refractivity contribution in [1.82, 2.24) is 20.5 Å². The minimum absolute atomic E-state index is 0.0820. The van der Waals surface area contributed by atoms with E-state index < -0.39 is 5.92 Å². The number of rotatable bonds is 15. The number of ketones is 1. The highest BCUT2D eigenvalue weighted by Crippen LogP contribution is 2.29. The summed E-state index contributed by atoms with van der Waals surface area (Å²) >= 11 is 1.60. The maximum absolute atomic E-state index is 13.6. The molecule has 2 N–H and O–H groups in total. The number of benzene rings is 1. The van der Waals surface area contributed by atoms with Gasteiger partial charge in [0.05, 0.1) is 21.1 Å². The summed E-state index contributed by atoms with van der Waals surface area (Å²) in [6.45, 7) is 2.85. The Labute approximate surface area is 237 Å². The van der Waals surface area contributed by atoms with Crippen LogP contribution in [-0.4, -0.2) is 61.2 Å². The molecule has 1 aromatic carbocycles. The standard InChI is InChI=1S/C31H46N4O3S/c1-5-22-13-16-27-28(19-22)39-30(34-27)21-24(20-29(37)32-2)31(38)33-25(18-23-10-7-6-8-11-23)14-15-26(36)12-9-17-35(3)4/h9,12-13,16,19,23-25H,5-8,10-11,14-15,17-18,20-21H2,1-4H3,(H,32,37)(H,33,38)/b12-9+/t24-,25+/m0/s1. The summed E-state index contributed by atoms with van der Waals surface area (Å²) in [6.07, 6.45) is 13.0. The molecular formula is C31H46N4O3S. The highest BCUT2D eigenvalue weighted by Gasteiger charge is 2.27. The summed E-state index contributed by atoms with van der Waals surface area (Å²) in [5, 5.41) is 6.81. The smallest absolute Gasteiger partial charge is 0.224 e. The van der Waals surface area contributed by atoms with Crippen molar-refractivity contribution in [2.24, 2.45) is 11.8 Å². The van der Waals surface area contributed by atoms with Crippen LogP contribution in [0.1, 0.15) is 75.3 Å². The highest BCUT2D eigenvalue weighted by molar-refractivity contribution is 7.18. The summed E-state index contributed by atoms with van der Waals surface area (Å²) in [6, 6.07) is 6.20. The molecule has 0 saturated heterocycles. The van der Waals surface area contributed by atoms with Gasteiger partial charge in [0.1, 0.15) is 0 Å². The zero-order chi connectivity index (χ0) is 28.2. The first-order chi connectivity index (χ1) is 18.8. The summed E-state index contributed by atoms with van der Waals surface area (Å²) in [4.78, 5) is 45.3. The van der Waals surface area contributed by atoms with E-state index >= 15 is 0 Å². The maximum Gasteiger partial charge on any atom is 0.224 e. The van der Waals surface area contributed by atoms with Crippen molar-refractivity contribution >= 4 is 39.2 Å². The van der Waals surface area contributed by atoms with Crippen LogP contribution >= 0.6 is 11.3 Å². The lowest BCUT2D eigenvalue weighted by atomic mass is 9.83. The van der Waals surface area contributed by atoms with Crippen LogP contribution < -0.4 is 10.6 Å². The molecule has 2 atom stereocenters. The number of likely N-dealkylation sites (N-methyl/N-ethyl adjacent to an activating group) is 1. The Bertz CT molecular complexity index is 1120. The largest absolute Gasteiger partial charge is 0.359 e. The lowest BCUT2D eigenvalue weighted by molar-refractivity contribution is -0.130. The van der Waals surface area contributed by atoms with Gasteiger partial charge in [-0.2, -0.15) is 0 Å². The molecule has 214 valence electrons. The fraction of sp³-hybridized carbons (Fsp3) is 0.613. The molecule has 8 heteroatoms. The van der Waals surface area contributed by atoms with Crippen LogP contribution in [-0.2, 0) is 27.2 Å². The molecule has 39 heavy (non-hydrogen) atoms. The van der Waals surface area contributed by atoms with Gasteiger partial charge in [-0.3, -0.25) is 14.4 Å². The van der Waals surface area contributed by atoms with Crippen molar-refractivity contribution in [3.05, 3.63) is 40.9 Å². The molecular weight excluding hydrogens is 508 g/mol. The predicted molar refractivity (Wildman–Crippen MR) is 160 cm³/mol. The van der Waals surface area contributed by atoms with E-state index in [4.69, 9.17) is 4.98 Å². The van der Waals surface area contributed by atoms with E-state index in [1.807, 2.05) is 31.1 Å². The average Bonchev–Trinajstić information content (AvgIpc) is 3.33. The second-order valence-corrected chi connectivity index (χ2v) is 12.3. The van der Waals surface area contributed by atoms with Gasteiger partial charge in [0.2, 0.25) is 11.8 Å². The molecule has 1 saturated carbocycles. The van der Waals surface area contributed by atoms with Gasteiger partial charge in [-0.25, -0.2) is 4.98 Å². The zero-order valence-electron chi connectivity index (χ0n) is 24.1. The van der Waals surface area contributed by atoms with Crippen molar-refractivity contribution < 1.29 is 14.4 Å². The third kappa shape index (κ3) is 10.5. The molecule has 0 unspecified atom stereocenters. The van der Waals surface area contributed by atoms with Crippen LogP contribution in [0.25, 0.3) is 10.2 Å². The lowest BCUT2D eigenvalue weighted by Gasteiger charge is -2.28. The lowest BCUT2D eigenvalue weighted by Crippen LogP contribution is -2.42. The van der Waals surface area contributed by atoms with Crippen molar-refractivity contribution in [2.75, 3.05) is 27.7 Å². The third-order valence-corrected chi connectivity index (χ3v) is 8.65. The highest BCUT2D eigenvalue weighted by atomic mass is 32.1. The Morgan fingerprint density at radius 1 is 1.18 bits per heavy atom. The number of carbonyl (C=O) groups excluding carboxylic acids is 3. The van der Waals surface area contributed by atoms with Crippen LogP contribution in [0.15, 0.2) is 30.4 Å². The number of aromatic nitrogens is 1. The van der Waals surface area contributed by atoms with E-state index in [9.17, 15) is 14.4 Å². The van der Waals surface area contributed by atoms with Crippen LogP contribution in [0.5, 0.6) is 0 Å². The van der Waals surface area contributed by atoms with E-state index in [-0.39, 0.29) is 30.1 Å². The quantitative estimate of drug-likeness (QED) is 0.300. The van der Waals surface area contributed by atoms with Crippen LogP contribution in [0, 0.1) is 11.8 Å². The van der Waals surface area contributed by atoms with Gasteiger partial charge < -0.3 is 15.5 Å². The van der Waals surface area contributed by atoms with Gasteiger partial charge in [-0.1, -0.05) is 51.2 Å². The molecule has 7 nitrogen and oxygen atoms in total. The summed E-state index contributed by atoms with van der Waals surface area (Å²) in [5.74, 6) is -0.140. The van der Waals surface area contributed by atoms with Crippen molar-refractivity contribution in [2.45, 2.75) is 83.6 Å². The summed E-state index contributed by atoms with van der Waals surface area (Å²) in [7, 11) is 5.54. The number of hydrogen-bond acceptors (Lipinski definition) is 6. The maximum atomic E-state index is 13.6. The number of hydrogen-bond donors (Lipinski definition) is 2. The number of amides is 2. The second-order valence-electron chi connectivity index (χ2n) is 11.2. The second kappa shape index (κ2) is 15.9. The van der Waals surface area contributed by atoms with Gasteiger partial charge in [0.15, 0.2) is 5.78 Å². The number of carbonyl (C=O) groups is 3. The molecule has 3 rings (SSSR count). The Kier molecular flexibility index (Phi) is 12.6. The fourth-order valence-electron chi connectivity index (χ4n) is 5.31. The molecule has 0 bridgehead atoms. The van der Waals surface area contributed by atoms with Crippen molar-refractivity contribution in [1.29, 1.82) is 0 Å². The van der Waals surface area contributed by atoms with Crippen LogP contribution in [0.4, 0.5) is 0 Å². The SMILES string of the molecule is CCc1ccc2nc(C[C@H](CC(=O)NC)C(=O)N[C@H](CCC(=O)/C=C/CN(C)C)CC3CCCCC3)sc2c1. The molecule has 0 radical (unpaired) electrons. The predicted octanol–water partition coefficient (Wildman–Crippen LogP) is 5.08. The minimum atomic E-state index is -0.513. The minimum Gasteiger partial charge on any atom is -0.359 e. The first kappa shape index (κ1) is 31.0. The summed E-state index contributed by atoms with van der Waals surface area (Å²) < 4.78 is 1.11. The first-order valence-electron chi connectivity index (χ1n) is 14.5. The molecule has 0 aliphatic heterocycles. The van der Waals surface area contributed by atoms with Gasteiger partial charge in [0, 0.05) is 38.9 Å². The first-order valence-corrected chi connectivity index (χ1v) is 15.3. The number of thiazole rings is 1. The Hall–Kier alpha value is -2.58. The molecule has 1 aromatic heterocycles. The topological polar surface area (TPSA) is 91.4 Å². The van der Waals surface area contributed by atoms with Gasteiger partial charge in [-0.15, -0.1) is 11.3 Å². The number of nitrogens with one attached hydrogen (secondary N) is 2. The molecule has 1 heterocycles. The van der Waals surface area contributed by atoms with E-state index in [2.05, 4.69) is 29.7 Å². The Morgan fingerprint density at radius 2 is 1.95 bits per heavy atom. The molecule has 2 amide bonds. The average molecular weight is 555 g/mol. The van der Waals surface area contributed by atoms with E-state index in [0.29, 0.717) is 25.2 Å². The molecule has 1 fully saturated rings. The zero-order valence-corrected chi connectivity index (χ0v) is 24.9. The monoisotopic (exact) mass is 554 g/mol. The number of aryl methyl sites for hydroxylation is 1. The Balaban J connectivity index is 1.71. The fourth-order valence-corrected chi connectivity index (χ4v) is 6.42. The molecule has 0 spiro atoms. The molecule has 1 aliphatic carbocycles. The number of allylic oxidation sites excluding steroid dienone is 1. The normalized spacial score (nSPS) is 16.0. The molecule has 2 aromatic rings. The molecule has 1 aliphatic rings. The van der Waals surface area contributed by atoms with Crippen molar-refractivity contribution in [3.8, 4) is 0 Å².